The third-order valence-electron chi connectivity index (χ3n) is 2.93. The van der Waals surface area contributed by atoms with Crippen molar-refractivity contribution in [2.75, 3.05) is 19.8 Å². The Kier molecular flexibility index (Phi) is 5.87. The summed E-state index contributed by atoms with van der Waals surface area (Å²) < 4.78 is 5.26. The van der Waals surface area contributed by atoms with Crippen LogP contribution in [0.25, 0.3) is 0 Å². The number of carbonyl (C=O) groups excluding carboxylic acids is 1. The summed E-state index contributed by atoms with van der Waals surface area (Å²) in [6.45, 7) is 4.30. The first-order valence-electron chi connectivity index (χ1n) is 6.03. The van der Waals surface area contributed by atoms with Gasteiger partial charge in [-0.25, -0.2) is 0 Å². The largest absolute Gasteiger partial charge is 0.381 e. The Morgan fingerprint density at radius 2 is 2.50 bits per heavy atom. The highest BCUT2D eigenvalue weighted by molar-refractivity contribution is 5.80. The highest BCUT2D eigenvalue weighted by Gasteiger charge is 2.18. The van der Waals surface area contributed by atoms with Gasteiger partial charge in [0.1, 0.15) is 5.92 Å². The predicted molar refractivity (Wildman–Crippen MR) is 60.6 cm³/mol. The lowest BCUT2D eigenvalue weighted by Gasteiger charge is -2.11. The van der Waals surface area contributed by atoms with Gasteiger partial charge in [0.05, 0.1) is 6.07 Å². The van der Waals surface area contributed by atoms with Gasteiger partial charge < -0.3 is 10.1 Å². The zero-order valence-corrected chi connectivity index (χ0v) is 9.87. The molecule has 0 aromatic rings. The molecule has 2 atom stereocenters. The number of nitrogens with one attached hydrogen (secondary N) is 1. The molecule has 1 aliphatic rings. The zero-order chi connectivity index (χ0) is 11.8. The van der Waals surface area contributed by atoms with Crippen LogP contribution in [-0.2, 0) is 9.53 Å². The molecule has 4 heteroatoms. The number of nitrogens with zero attached hydrogens (tertiary/aromatic N) is 1. The van der Waals surface area contributed by atoms with Crippen LogP contribution in [0.3, 0.4) is 0 Å². The Morgan fingerprint density at radius 3 is 3.06 bits per heavy atom. The monoisotopic (exact) mass is 224 g/mol. The molecular weight excluding hydrogens is 204 g/mol. The first kappa shape index (κ1) is 13.0. The van der Waals surface area contributed by atoms with Crippen LogP contribution in [0.2, 0.25) is 0 Å². The molecule has 0 spiro atoms. The van der Waals surface area contributed by atoms with E-state index in [4.69, 9.17) is 10.00 Å². The van der Waals surface area contributed by atoms with E-state index < -0.39 is 5.92 Å². The first-order chi connectivity index (χ1) is 7.77. The minimum Gasteiger partial charge on any atom is -0.381 e. The molecule has 1 saturated heterocycles. The fraction of sp³-hybridized carbons (Fsp3) is 0.833. The van der Waals surface area contributed by atoms with Gasteiger partial charge in [-0.2, -0.15) is 5.26 Å². The molecule has 2 unspecified atom stereocenters. The quantitative estimate of drug-likeness (QED) is 0.743. The number of carbonyl (C=O) groups is 1. The fourth-order valence-corrected chi connectivity index (χ4v) is 1.88. The molecular formula is C12H20N2O2. The number of ether oxygens (including phenoxy) is 1. The lowest BCUT2D eigenvalue weighted by atomic mass is 10.0. The predicted octanol–water partition coefficient (Wildman–Crippen LogP) is 1.47. The van der Waals surface area contributed by atoms with Gasteiger partial charge in [-0.05, 0) is 25.2 Å². The van der Waals surface area contributed by atoms with Crippen molar-refractivity contribution in [1.29, 1.82) is 5.26 Å². The van der Waals surface area contributed by atoms with Crippen molar-refractivity contribution in [3.05, 3.63) is 0 Å². The fourth-order valence-electron chi connectivity index (χ4n) is 1.88. The Balaban J connectivity index is 2.15. The average Bonchev–Trinajstić information content (AvgIpc) is 2.78. The van der Waals surface area contributed by atoms with Crippen LogP contribution in [0, 0.1) is 23.2 Å². The van der Waals surface area contributed by atoms with Gasteiger partial charge in [0, 0.05) is 19.8 Å². The average molecular weight is 224 g/mol. The van der Waals surface area contributed by atoms with Crippen molar-refractivity contribution in [1.82, 2.24) is 5.32 Å². The second-order valence-corrected chi connectivity index (χ2v) is 4.28. The molecule has 0 aliphatic carbocycles. The van der Waals surface area contributed by atoms with Crippen molar-refractivity contribution in [2.45, 2.75) is 32.6 Å². The summed E-state index contributed by atoms with van der Waals surface area (Å²) in [4.78, 5) is 11.6. The van der Waals surface area contributed by atoms with Gasteiger partial charge in [-0.15, -0.1) is 0 Å². The lowest BCUT2D eigenvalue weighted by Crippen LogP contribution is -2.31. The van der Waals surface area contributed by atoms with E-state index in [9.17, 15) is 4.79 Å². The molecule has 1 aliphatic heterocycles. The smallest absolute Gasteiger partial charge is 0.237 e. The standard InChI is InChI=1S/C12H20N2O2/c1-2-3-11(8-13)12(15)14-6-4-10-5-7-16-9-10/h10-11H,2-7,9H2,1H3,(H,14,15). The Labute approximate surface area is 97.0 Å². The van der Waals surface area contributed by atoms with E-state index in [1.54, 1.807) is 0 Å². The SMILES string of the molecule is CCCC(C#N)C(=O)NCCC1CCOC1. The van der Waals surface area contributed by atoms with E-state index >= 15 is 0 Å². The third-order valence-corrected chi connectivity index (χ3v) is 2.93. The normalized spacial score (nSPS) is 21.4. The molecule has 1 rings (SSSR count). The van der Waals surface area contributed by atoms with Crippen LogP contribution >= 0.6 is 0 Å². The molecule has 1 fully saturated rings. The van der Waals surface area contributed by atoms with E-state index in [2.05, 4.69) is 5.32 Å². The summed E-state index contributed by atoms with van der Waals surface area (Å²) in [5, 5.41) is 11.6. The van der Waals surface area contributed by atoms with Crippen LogP contribution in [0.4, 0.5) is 0 Å². The number of nitriles is 1. The van der Waals surface area contributed by atoms with Crippen molar-refractivity contribution in [2.24, 2.45) is 11.8 Å². The minimum absolute atomic E-state index is 0.122. The van der Waals surface area contributed by atoms with Gasteiger partial charge in [0.15, 0.2) is 0 Å². The van der Waals surface area contributed by atoms with Gasteiger partial charge in [0.2, 0.25) is 5.91 Å². The minimum atomic E-state index is -0.482. The van der Waals surface area contributed by atoms with Crippen molar-refractivity contribution >= 4 is 5.91 Å². The second kappa shape index (κ2) is 7.24. The van der Waals surface area contributed by atoms with Crippen LogP contribution < -0.4 is 5.32 Å². The molecule has 0 radical (unpaired) electrons. The van der Waals surface area contributed by atoms with Gasteiger partial charge in [0.25, 0.3) is 0 Å². The number of hydrogen-bond donors (Lipinski definition) is 1. The molecule has 90 valence electrons. The summed E-state index contributed by atoms with van der Waals surface area (Å²) in [6.07, 6.45) is 3.56. The maximum Gasteiger partial charge on any atom is 0.237 e. The van der Waals surface area contributed by atoms with Crippen LogP contribution in [0.5, 0.6) is 0 Å². The summed E-state index contributed by atoms with van der Waals surface area (Å²) in [5.74, 6) is -0.0277. The summed E-state index contributed by atoms with van der Waals surface area (Å²) >= 11 is 0. The molecule has 0 aromatic carbocycles. The first-order valence-corrected chi connectivity index (χ1v) is 6.03. The van der Waals surface area contributed by atoms with Crippen LogP contribution in [0.1, 0.15) is 32.6 Å². The van der Waals surface area contributed by atoms with Crippen LogP contribution in [-0.4, -0.2) is 25.7 Å². The van der Waals surface area contributed by atoms with Crippen LogP contribution in [0.15, 0.2) is 0 Å². The molecule has 4 nitrogen and oxygen atoms in total. The maximum atomic E-state index is 11.6. The van der Waals surface area contributed by atoms with E-state index in [0.717, 1.165) is 32.5 Å². The zero-order valence-electron chi connectivity index (χ0n) is 9.87. The molecule has 16 heavy (non-hydrogen) atoms. The molecule has 1 amide bonds. The van der Waals surface area contributed by atoms with Crippen molar-refractivity contribution in [3.8, 4) is 6.07 Å². The molecule has 0 aromatic heterocycles. The van der Waals surface area contributed by atoms with E-state index in [-0.39, 0.29) is 5.91 Å². The van der Waals surface area contributed by atoms with Crippen molar-refractivity contribution < 1.29 is 9.53 Å². The third kappa shape index (κ3) is 4.19. The Bertz CT molecular complexity index is 254. The Morgan fingerprint density at radius 1 is 1.69 bits per heavy atom. The molecule has 1 heterocycles. The highest BCUT2D eigenvalue weighted by Crippen LogP contribution is 2.15. The summed E-state index contributed by atoms with van der Waals surface area (Å²) in [6, 6.07) is 2.04. The molecule has 1 N–H and O–H groups in total. The maximum absolute atomic E-state index is 11.6. The number of hydrogen-bond acceptors (Lipinski definition) is 3. The number of amides is 1. The number of rotatable bonds is 6. The molecule has 0 bridgehead atoms. The second-order valence-electron chi connectivity index (χ2n) is 4.28. The van der Waals surface area contributed by atoms with E-state index in [0.29, 0.717) is 18.9 Å². The summed E-state index contributed by atoms with van der Waals surface area (Å²) in [7, 11) is 0. The highest BCUT2D eigenvalue weighted by atomic mass is 16.5. The molecule has 0 saturated carbocycles. The van der Waals surface area contributed by atoms with Gasteiger partial charge in [-0.1, -0.05) is 13.3 Å². The lowest BCUT2D eigenvalue weighted by molar-refractivity contribution is -0.123. The van der Waals surface area contributed by atoms with Gasteiger partial charge >= 0.3 is 0 Å². The Hall–Kier alpha value is -1.08. The topological polar surface area (TPSA) is 62.1 Å². The van der Waals surface area contributed by atoms with Gasteiger partial charge in [-0.3, -0.25) is 4.79 Å². The van der Waals surface area contributed by atoms with E-state index in [1.807, 2.05) is 13.0 Å². The van der Waals surface area contributed by atoms with Crippen molar-refractivity contribution in [3.63, 3.8) is 0 Å². The van der Waals surface area contributed by atoms with E-state index in [1.165, 1.54) is 0 Å². The summed E-state index contributed by atoms with van der Waals surface area (Å²) in [5.41, 5.74) is 0.